The summed E-state index contributed by atoms with van der Waals surface area (Å²) in [5.74, 6) is 0. The monoisotopic (exact) mass is 377 g/mol. The summed E-state index contributed by atoms with van der Waals surface area (Å²) in [5, 5.41) is 1.06. The number of hydrogen-bond donors (Lipinski definition) is 0. The third-order valence-electron chi connectivity index (χ3n) is 3.75. The molecule has 0 aromatic carbocycles. The van der Waals surface area contributed by atoms with Crippen LogP contribution >= 0.6 is 15.9 Å². The fraction of sp³-hybridized carbons (Fsp3) is 0.947. The van der Waals surface area contributed by atoms with E-state index >= 15 is 0 Å². The van der Waals surface area contributed by atoms with Gasteiger partial charge in [0.15, 0.2) is 0 Å². The minimum Gasteiger partial charge on any atom is -0.345 e. The number of carbonyl (C=O) groups is 1. The molecule has 1 amide bonds. The van der Waals surface area contributed by atoms with Crippen LogP contribution in [0.5, 0.6) is 0 Å². The van der Waals surface area contributed by atoms with Crippen LogP contribution in [0.3, 0.4) is 0 Å². The highest BCUT2D eigenvalue weighted by Crippen LogP contribution is 2.08. The van der Waals surface area contributed by atoms with Crippen molar-refractivity contribution >= 4 is 22.3 Å². The molecular formula is C19H40BrNO. The lowest BCUT2D eigenvalue weighted by Gasteiger charge is -2.17. The number of rotatable bonds is 15. The quantitative estimate of drug-likeness (QED) is 0.179. The second-order valence-electron chi connectivity index (χ2n) is 5.94. The van der Waals surface area contributed by atoms with E-state index in [1.807, 2.05) is 11.8 Å². The number of unbranched alkanes of at least 4 members (excludes halogenated alkanes) is 10. The first-order chi connectivity index (χ1) is 10.8. The van der Waals surface area contributed by atoms with Crippen molar-refractivity contribution in [3.63, 3.8) is 0 Å². The van der Waals surface area contributed by atoms with Gasteiger partial charge in [-0.25, -0.2) is 0 Å². The van der Waals surface area contributed by atoms with Crippen LogP contribution in [0, 0.1) is 0 Å². The molecule has 0 saturated heterocycles. The first-order valence-electron chi connectivity index (χ1n) is 9.51. The number of hydrogen-bond acceptors (Lipinski definition) is 1. The van der Waals surface area contributed by atoms with Crippen LogP contribution in [0.4, 0.5) is 0 Å². The molecule has 0 aliphatic rings. The third-order valence-corrected chi connectivity index (χ3v) is 3.75. The van der Waals surface area contributed by atoms with E-state index in [1.54, 1.807) is 0 Å². The predicted molar refractivity (Wildman–Crippen MR) is 104 cm³/mol. The molecule has 0 aliphatic heterocycles. The topological polar surface area (TPSA) is 20.3 Å². The van der Waals surface area contributed by atoms with Gasteiger partial charge in [0.25, 0.3) is 0 Å². The number of nitrogens with zero attached hydrogens (tertiary/aromatic N) is 1. The molecule has 0 radical (unpaired) electrons. The molecule has 2 nitrogen and oxygen atoms in total. The molecule has 134 valence electrons. The van der Waals surface area contributed by atoms with Gasteiger partial charge in [-0.3, -0.25) is 4.79 Å². The Bertz CT molecular complexity index is 184. The average molecular weight is 378 g/mol. The molecule has 0 bridgehead atoms. The van der Waals surface area contributed by atoms with Gasteiger partial charge in [-0.05, 0) is 12.8 Å². The smallest absolute Gasteiger partial charge is 0.209 e. The highest BCUT2D eigenvalue weighted by Gasteiger charge is 2.01. The van der Waals surface area contributed by atoms with E-state index in [0.29, 0.717) is 0 Å². The maximum Gasteiger partial charge on any atom is 0.209 e. The Hall–Kier alpha value is -0.0500. The molecule has 22 heavy (non-hydrogen) atoms. The van der Waals surface area contributed by atoms with E-state index in [4.69, 9.17) is 0 Å². The molecule has 0 saturated carbocycles. The van der Waals surface area contributed by atoms with Crippen molar-refractivity contribution in [2.75, 3.05) is 18.4 Å². The molecule has 0 fully saturated rings. The summed E-state index contributed by atoms with van der Waals surface area (Å²) in [6.45, 7) is 8.46. The second kappa shape index (κ2) is 23.2. The molecule has 0 aromatic heterocycles. The summed E-state index contributed by atoms with van der Waals surface area (Å²) in [5.41, 5.74) is 0. The maximum absolute atomic E-state index is 11.0. The zero-order valence-corrected chi connectivity index (χ0v) is 17.0. The van der Waals surface area contributed by atoms with E-state index in [1.165, 1.54) is 77.0 Å². The largest absolute Gasteiger partial charge is 0.345 e. The van der Waals surface area contributed by atoms with Gasteiger partial charge in [-0.15, -0.1) is 0 Å². The van der Waals surface area contributed by atoms with Crippen LogP contribution in [0.25, 0.3) is 0 Å². The second-order valence-corrected chi connectivity index (χ2v) is 7.07. The molecular weight excluding hydrogens is 338 g/mol. The van der Waals surface area contributed by atoms with Crippen LogP contribution in [0.1, 0.15) is 97.8 Å². The minimum absolute atomic E-state index is 0.963. The van der Waals surface area contributed by atoms with E-state index in [-0.39, 0.29) is 0 Å². The first-order valence-corrected chi connectivity index (χ1v) is 10.6. The summed E-state index contributed by atoms with van der Waals surface area (Å²) in [7, 11) is 0. The van der Waals surface area contributed by atoms with Gasteiger partial charge in [0, 0.05) is 18.4 Å². The van der Waals surface area contributed by atoms with Gasteiger partial charge in [-0.2, -0.15) is 0 Å². The highest BCUT2D eigenvalue weighted by atomic mass is 79.9. The van der Waals surface area contributed by atoms with Crippen molar-refractivity contribution in [3.8, 4) is 0 Å². The summed E-state index contributed by atoms with van der Waals surface area (Å²) in [6.07, 6.45) is 16.6. The third kappa shape index (κ3) is 22.2. The Labute approximate surface area is 148 Å². The average Bonchev–Trinajstić information content (AvgIpc) is 2.52. The van der Waals surface area contributed by atoms with Gasteiger partial charge < -0.3 is 4.90 Å². The normalized spacial score (nSPS) is 10.0. The van der Waals surface area contributed by atoms with Gasteiger partial charge >= 0.3 is 0 Å². The Morgan fingerprint density at radius 3 is 1.32 bits per heavy atom. The fourth-order valence-corrected chi connectivity index (χ4v) is 2.41. The van der Waals surface area contributed by atoms with Crippen molar-refractivity contribution in [3.05, 3.63) is 0 Å². The van der Waals surface area contributed by atoms with E-state index < -0.39 is 0 Å². The standard InChI is InChI=1S/C17H35NO.C2H5Br/c1-3-5-7-9-11-13-15-18(17-19)16-14-12-10-8-6-4-2;1-2-3/h17H,3-16H2,1-2H3;2H2,1H3. The molecule has 3 heteroatoms. The molecule has 0 aromatic rings. The molecule has 0 heterocycles. The van der Waals surface area contributed by atoms with Crippen LogP contribution in [-0.2, 0) is 4.79 Å². The Morgan fingerprint density at radius 2 is 1.00 bits per heavy atom. The number of halogens is 1. The number of amides is 1. The maximum atomic E-state index is 11.0. The van der Waals surface area contributed by atoms with Crippen molar-refractivity contribution < 1.29 is 4.79 Å². The van der Waals surface area contributed by atoms with Crippen molar-refractivity contribution in [2.24, 2.45) is 0 Å². The van der Waals surface area contributed by atoms with Crippen molar-refractivity contribution in [1.29, 1.82) is 0 Å². The first kappa shape index (κ1) is 24.2. The van der Waals surface area contributed by atoms with Crippen molar-refractivity contribution in [1.82, 2.24) is 4.90 Å². The number of carbonyl (C=O) groups excluding carboxylic acids is 1. The van der Waals surface area contributed by atoms with E-state index in [0.717, 1.165) is 24.8 Å². The van der Waals surface area contributed by atoms with Crippen LogP contribution in [-0.4, -0.2) is 29.7 Å². The summed E-state index contributed by atoms with van der Waals surface area (Å²) < 4.78 is 0. The molecule has 0 spiro atoms. The Morgan fingerprint density at radius 1 is 0.682 bits per heavy atom. The van der Waals surface area contributed by atoms with E-state index in [2.05, 4.69) is 29.8 Å². The highest BCUT2D eigenvalue weighted by molar-refractivity contribution is 9.09. The summed E-state index contributed by atoms with van der Waals surface area (Å²) in [4.78, 5) is 12.9. The molecule has 0 atom stereocenters. The van der Waals surface area contributed by atoms with Crippen molar-refractivity contribution in [2.45, 2.75) is 97.8 Å². The van der Waals surface area contributed by atoms with Gasteiger partial charge in [0.1, 0.15) is 0 Å². The molecule has 0 N–H and O–H groups in total. The van der Waals surface area contributed by atoms with Gasteiger partial charge in [0.2, 0.25) is 6.41 Å². The summed E-state index contributed by atoms with van der Waals surface area (Å²) >= 11 is 3.15. The van der Waals surface area contributed by atoms with Crippen LogP contribution < -0.4 is 0 Å². The van der Waals surface area contributed by atoms with Crippen LogP contribution in [0.2, 0.25) is 0 Å². The minimum atomic E-state index is 0.963. The van der Waals surface area contributed by atoms with Gasteiger partial charge in [0.05, 0.1) is 0 Å². The lowest BCUT2D eigenvalue weighted by Crippen LogP contribution is -2.24. The molecule has 0 unspecified atom stereocenters. The lowest BCUT2D eigenvalue weighted by molar-refractivity contribution is -0.118. The zero-order valence-electron chi connectivity index (χ0n) is 15.4. The Balaban J connectivity index is 0. The number of alkyl halides is 1. The van der Waals surface area contributed by atoms with E-state index in [9.17, 15) is 4.79 Å². The SMILES string of the molecule is CCBr.CCCCCCCCN(C=O)CCCCCCCC. The van der Waals surface area contributed by atoms with Crippen LogP contribution in [0.15, 0.2) is 0 Å². The molecule has 0 aliphatic carbocycles. The Kier molecular flexibility index (Phi) is 25.5. The predicted octanol–water partition coefficient (Wildman–Crippen LogP) is 6.57. The lowest BCUT2D eigenvalue weighted by atomic mass is 10.1. The summed E-state index contributed by atoms with van der Waals surface area (Å²) in [6, 6.07) is 0. The fourth-order valence-electron chi connectivity index (χ4n) is 2.41. The zero-order chi connectivity index (χ0) is 16.9. The van der Waals surface area contributed by atoms with Gasteiger partial charge in [-0.1, -0.05) is 101 Å². The molecule has 0 rings (SSSR count).